The first-order valence-electron chi connectivity index (χ1n) is 5.54. The van der Waals surface area contributed by atoms with Gasteiger partial charge in [0.05, 0.1) is 0 Å². The SMILES string of the molecule is Cc1cc(Br)cc(C(=O)NCCC/C(N)=N/O)c1. The Kier molecular flexibility index (Phi) is 5.64. The number of carbonyl (C=O) groups is 1. The Labute approximate surface area is 114 Å². The lowest BCUT2D eigenvalue weighted by molar-refractivity contribution is 0.0953. The number of amidine groups is 1. The summed E-state index contributed by atoms with van der Waals surface area (Å²) >= 11 is 3.35. The molecule has 0 heterocycles. The van der Waals surface area contributed by atoms with Crippen LogP contribution in [0.2, 0.25) is 0 Å². The molecule has 0 fully saturated rings. The van der Waals surface area contributed by atoms with Crippen molar-refractivity contribution in [1.29, 1.82) is 0 Å². The number of hydrogen-bond acceptors (Lipinski definition) is 3. The van der Waals surface area contributed by atoms with Gasteiger partial charge in [-0.05, 0) is 37.1 Å². The van der Waals surface area contributed by atoms with Gasteiger partial charge in [0.25, 0.3) is 5.91 Å². The molecule has 1 aromatic carbocycles. The third kappa shape index (κ3) is 4.75. The van der Waals surface area contributed by atoms with Crippen molar-refractivity contribution >= 4 is 27.7 Å². The fraction of sp³-hybridized carbons (Fsp3) is 0.333. The zero-order valence-corrected chi connectivity index (χ0v) is 11.7. The summed E-state index contributed by atoms with van der Waals surface area (Å²) in [5.41, 5.74) is 6.96. The molecule has 18 heavy (non-hydrogen) atoms. The summed E-state index contributed by atoms with van der Waals surface area (Å²) in [5, 5.41) is 14.0. The summed E-state index contributed by atoms with van der Waals surface area (Å²) in [5.74, 6) is 0.0430. The van der Waals surface area contributed by atoms with Crippen LogP contribution in [0.3, 0.4) is 0 Å². The van der Waals surface area contributed by atoms with Crippen molar-refractivity contribution in [1.82, 2.24) is 5.32 Å². The van der Waals surface area contributed by atoms with E-state index in [0.29, 0.717) is 24.9 Å². The Morgan fingerprint density at radius 1 is 1.50 bits per heavy atom. The van der Waals surface area contributed by atoms with Gasteiger partial charge in [0.1, 0.15) is 5.84 Å². The second-order valence-electron chi connectivity index (χ2n) is 3.97. The maximum Gasteiger partial charge on any atom is 0.251 e. The van der Waals surface area contributed by atoms with Crippen molar-refractivity contribution in [3.63, 3.8) is 0 Å². The second-order valence-corrected chi connectivity index (χ2v) is 4.88. The van der Waals surface area contributed by atoms with Gasteiger partial charge >= 0.3 is 0 Å². The first kappa shape index (κ1) is 14.5. The number of nitrogens with one attached hydrogen (secondary N) is 1. The zero-order valence-electron chi connectivity index (χ0n) is 10.1. The molecule has 0 aromatic heterocycles. The topological polar surface area (TPSA) is 87.7 Å². The summed E-state index contributed by atoms with van der Waals surface area (Å²) in [6.07, 6.45) is 1.09. The highest BCUT2D eigenvalue weighted by Crippen LogP contribution is 2.15. The van der Waals surface area contributed by atoms with Crippen molar-refractivity contribution in [2.75, 3.05) is 6.54 Å². The molecule has 6 heteroatoms. The van der Waals surface area contributed by atoms with Crippen LogP contribution in [-0.2, 0) is 0 Å². The molecule has 0 radical (unpaired) electrons. The maximum atomic E-state index is 11.8. The van der Waals surface area contributed by atoms with E-state index in [1.54, 1.807) is 6.07 Å². The molecule has 0 spiro atoms. The van der Waals surface area contributed by atoms with Crippen LogP contribution in [0.5, 0.6) is 0 Å². The smallest absolute Gasteiger partial charge is 0.251 e. The van der Waals surface area contributed by atoms with E-state index < -0.39 is 0 Å². The van der Waals surface area contributed by atoms with Crippen LogP contribution in [0.15, 0.2) is 27.8 Å². The van der Waals surface area contributed by atoms with Crippen molar-refractivity contribution in [2.24, 2.45) is 10.9 Å². The number of halogens is 1. The van der Waals surface area contributed by atoms with E-state index in [4.69, 9.17) is 10.9 Å². The molecular formula is C12H16BrN3O2. The number of nitrogens with zero attached hydrogens (tertiary/aromatic N) is 1. The van der Waals surface area contributed by atoms with Gasteiger partial charge in [-0.2, -0.15) is 0 Å². The summed E-state index contributed by atoms with van der Waals surface area (Å²) in [4.78, 5) is 11.8. The Morgan fingerprint density at radius 2 is 2.22 bits per heavy atom. The molecule has 0 bridgehead atoms. The van der Waals surface area contributed by atoms with Gasteiger partial charge in [-0.15, -0.1) is 0 Å². The number of hydrogen-bond donors (Lipinski definition) is 3. The van der Waals surface area contributed by atoms with Crippen molar-refractivity contribution < 1.29 is 10.0 Å². The Hall–Kier alpha value is -1.56. The minimum atomic E-state index is -0.126. The number of aryl methyl sites for hydroxylation is 1. The number of nitrogens with two attached hydrogens (primary N) is 1. The molecule has 0 unspecified atom stereocenters. The number of rotatable bonds is 5. The predicted octanol–water partition coefficient (Wildman–Crippen LogP) is 2.01. The summed E-state index contributed by atoms with van der Waals surface area (Å²) < 4.78 is 0.879. The highest BCUT2D eigenvalue weighted by Gasteiger charge is 2.06. The van der Waals surface area contributed by atoms with Crippen LogP contribution >= 0.6 is 15.9 Å². The average molecular weight is 314 g/mol. The Bertz CT molecular complexity index is 440. The molecule has 5 nitrogen and oxygen atoms in total. The van der Waals surface area contributed by atoms with Crippen molar-refractivity contribution in [3.05, 3.63) is 33.8 Å². The molecular weight excluding hydrogens is 298 g/mol. The fourth-order valence-electron chi connectivity index (χ4n) is 1.49. The molecule has 1 aromatic rings. The normalized spacial score (nSPS) is 11.3. The molecule has 1 amide bonds. The lowest BCUT2D eigenvalue weighted by Crippen LogP contribution is -2.25. The molecule has 0 aliphatic heterocycles. The van der Waals surface area contributed by atoms with Crippen LogP contribution in [-0.4, -0.2) is 23.5 Å². The van der Waals surface area contributed by atoms with Crippen LogP contribution in [0.4, 0.5) is 0 Å². The third-order valence-corrected chi connectivity index (χ3v) is 2.79. The third-order valence-electron chi connectivity index (χ3n) is 2.33. The summed E-state index contributed by atoms with van der Waals surface area (Å²) in [6, 6.07) is 5.53. The molecule has 98 valence electrons. The molecule has 0 aliphatic rings. The van der Waals surface area contributed by atoms with E-state index in [-0.39, 0.29) is 11.7 Å². The van der Waals surface area contributed by atoms with E-state index in [9.17, 15) is 4.79 Å². The molecule has 0 saturated heterocycles. The van der Waals surface area contributed by atoms with Gasteiger partial charge in [-0.1, -0.05) is 21.1 Å². The van der Waals surface area contributed by atoms with Crippen molar-refractivity contribution in [3.8, 4) is 0 Å². The lowest BCUT2D eigenvalue weighted by Gasteiger charge is -2.06. The van der Waals surface area contributed by atoms with E-state index >= 15 is 0 Å². The van der Waals surface area contributed by atoms with Gasteiger partial charge in [-0.25, -0.2) is 0 Å². The molecule has 0 saturated carbocycles. The zero-order chi connectivity index (χ0) is 13.5. The van der Waals surface area contributed by atoms with Gasteiger partial charge in [0.15, 0.2) is 0 Å². The largest absolute Gasteiger partial charge is 0.409 e. The summed E-state index contributed by atoms with van der Waals surface area (Å²) in [6.45, 7) is 2.42. The number of benzene rings is 1. The Morgan fingerprint density at radius 3 is 2.83 bits per heavy atom. The molecule has 1 rings (SSSR count). The quantitative estimate of drug-likeness (QED) is 0.255. The minimum Gasteiger partial charge on any atom is -0.409 e. The van der Waals surface area contributed by atoms with Crippen molar-refractivity contribution in [2.45, 2.75) is 19.8 Å². The highest BCUT2D eigenvalue weighted by molar-refractivity contribution is 9.10. The van der Waals surface area contributed by atoms with E-state index in [1.165, 1.54) is 0 Å². The van der Waals surface area contributed by atoms with Crippen LogP contribution in [0, 0.1) is 6.92 Å². The van der Waals surface area contributed by atoms with E-state index in [0.717, 1.165) is 10.0 Å². The van der Waals surface area contributed by atoms with Crippen LogP contribution < -0.4 is 11.1 Å². The summed E-state index contributed by atoms with van der Waals surface area (Å²) in [7, 11) is 0. The average Bonchev–Trinajstić information content (AvgIpc) is 2.32. The standard InChI is InChI=1S/C12H16BrN3O2/c1-8-5-9(7-10(13)6-8)12(17)15-4-2-3-11(14)16-18/h5-7,18H,2-4H2,1H3,(H2,14,16)(H,15,17). The monoisotopic (exact) mass is 313 g/mol. The van der Waals surface area contributed by atoms with Gasteiger partial charge < -0.3 is 16.3 Å². The highest BCUT2D eigenvalue weighted by atomic mass is 79.9. The van der Waals surface area contributed by atoms with Crippen LogP contribution in [0.1, 0.15) is 28.8 Å². The minimum absolute atomic E-state index is 0.126. The van der Waals surface area contributed by atoms with Gasteiger partial charge in [0, 0.05) is 23.0 Å². The second kappa shape index (κ2) is 7.00. The van der Waals surface area contributed by atoms with E-state index in [2.05, 4.69) is 26.4 Å². The first-order chi connectivity index (χ1) is 8.52. The maximum absolute atomic E-state index is 11.8. The number of amides is 1. The molecule has 0 aliphatic carbocycles. The number of oxime groups is 1. The van der Waals surface area contributed by atoms with Gasteiger partial charge in [-0.3, -0.25) is 4.79 Å². The van der Waals surface area contributed by atoms with E-state index in [1.807, 2.05) is 19.1 Å². The lowest BCUT2D eigenvalue weighted by atomic mass is 10.1. The molecule has 0 atom stereocenters. The number of carbonyl (C=O) groups excluding carboxylic acids is 1. The van der Waals surface area contributed by atoms with Gasteiger partial charge in [0.2, 0.25) is 0 Å². The molecule has 4 N–H and O–H groups in total. The Balaban J connectivity index is 2.46. The van der Waals surface area contributed by atoms with Crippen LogP contribution in [0.25, 0.3) is 0 Å². The predicted molar refractivity (Wildman–Crippen MR) is 73.9 cm³/mol. The first-order valence-corrected chi connectivity index (χ1v) is 6.34. The fourth-order valence-corrected chi connectivity index (χ4v) is 2.10.